The number of allylic oxidation sites excluding steroid dienone is 2. The molecule has 0 spiro atoms. The Morgan fingerprint density at radius 2 is 0.667 bits per heavy atom. The van der Waals surface area contributed by atoms with Crippen LogP contribution in [0.1, 0.15) is 0 Å². The molecule has 0 atom stereocenters. The van der Waals surface area contributed by atoms with E-state index in [1.165, 1.54) is 0 Å². The van der Waals surface area contributed by atoms with E-state index in [1.54, 1.807) is 0 Å². The predicted octanol–water partition coefficient (Wildman–Crippen LogP) is 6.09. The van der Waals surface area contributed by atoms with Gasteiger partial charge in [-0.25, -0.2) is 0 Å². The summed E-state index contributed by atoms with van der Waals surface area (Å²) >= 11 is -0.253. The molecule has 0 unspecified atom stereocenters. The maximum absolute atomic E-state index is 2.85. The van der Waals surface area contributed by atoms with E-state index < -0.39 is 32.3 Å². The van der Waals surface area contributed by atoms with Crippen LogP contribution >= 0.6 is 0 Å². The van der Waals surface area contributed by atoms with Gasteiger partial charge in [-0.05, 0) is 0 Å². The Kier molecular flexibility index (Phi) is 5.33. The van der Waals surface area contributed by atoms with E-state index >= 15 is 0 Å². The van der Waals surface area contributed by atoms with Crippen LogP contribution in [0.15, 0.2) is 12.2 Å². The van der Waals surface area contributed by atoms with E-state index in [0.29, 0.717) is 0 Å². The van der Waals surface area contributed by atoms with Gasteiger partial charge in [-0.1, -0.05) is 0 Å². The molecule has 0 nitrogen and oxygen atoms in total. The monoisotopic (exact) mass is 463 g/mol. The van der Waals surface area contributed by atoms with Crippen molar-refractivity contribution in [2.24, 2.45) is 0 Å². The molecule has 1 aliphatic heterocycles. The summed E-state index contributed by atoms with van der Waals surface area (Å²) in [7, 11) is -4.68. The van der Waals surface area contributed by atoms with Crippen LogP contribution in [0.5, 0.6) is 0 Å². The average Bonchev–Trinajstić information content (AvgIpc) is 2.54. The quantitative estimate of drug-likeness (QED) is 0.349. The average molecular weight is 465 g/mol. The third-order valence-corrected chi connectivity index (χ3v) is 53.1. The van der Waals surface area contributed by atoms with Crippen molar-refractivity contribution in [1.82, 2.24) is 0 Å². The van der Waals surface area contributed by atoms with E-state index in [2.05, 4.69) is 90.7 Å². The number of rotatable bonds is 4. The van der Waals surface area contributed by atoms with Gasteiger partial charge in [0.1, 0.15) is 0 Å². The molecule has 0 aromatic carbocycles. The summed E-state index contributed by atoms with van der Waals surface area (Å²) in [4.78, 5) is 0. The summed E-state index contributed by atoms with van der Waals surface area (Å²) in [6.07, 6.45) is 5.69. The minimum absolute atomic E-state index is 0.253. The zero-order valence-electron chi connectivity index (χ0n) is 16.6. The molecule has 0 aromatic heterocycles. The van der Waals surface area contributed by atoms with Gasteiger partial charge >= 0.3 is 150 Å². The standard InChI is InChI=1S/C16H38Si4.Sb/c1-17(2,3)15(18(4,5)6)13-14-16(19(7,8)9)20(10,11)12;/h13-14H,1-12H3;. The SMILES string of the molecule is C[Si](C)(C)[C]1([Si](C)(C)C)C=C[C]([Si](C)(C)C)([Si](C)(C)C)[Sb]1. The number of hydrogen-bond acceptors (Lipinski definition) is 0. The van der Waals surface area contributed by atoms with E-state index in [0.717, 1.165) is 5.22 Å². The fraction of sp³-hybridized carbons (Fsp3) is 0.875. The van der Waals surface area contributed by atoms with Gasteiger partial charge in [0.25, 0.3) is 0 Å². The fourth-order valence-corrected chi connectivity index (χ4v) is 47.8. The fourth-order valence-electron chi connectivity index (χ4n) is 4.51. The summed E-state index contributed by atoms with van der Waals surface area (Å²) in [6, 6.07) is 0. The van der Waals surface area contributed by atoms with Crippen molar-refractivity contribution < 1.29 is 0 Å². The van der Waals surface area contributed by atoms with Crippen molar-refractivity contribution in [3.8, 4) is 0 Å². The van der Waals surface area contributed by atoms with Crippen LogP contribution in [0.2, 0.25) is 83.8 Å². The Bertz CT molecular complexity index is 359. The molecule has 0 saturated heterocycles. The second-order valence-electron chi connectivity index (χ2n) is 11.0. The van der Waals surface area contributed by atoms with E-state index in [4.69, 9.17) is 0 Å². The summed E-state index contributed by atoms with van der Waals surface area (Å²) in [5, 5.41) is 0. The summed E-state index contributed by atoms with van der Waals surface area (Å²) in [5.41, 5.74) is 0. The van der Waals surface area contributed by atoms with Crippen LogP contribution in [0.3, 0.4) is 0 Å². The van der Waals surface area contributed by atoms with Crippen LogP contribution < -0.4 is 0 Å². The normalized spacial score (nSPS) is 22.7. The Hall–Kier alpha value is 1.43. The molecule has 0 aromatic rings. The molecular weight excluding hydrogens is 426 g/mol. The minimum atomic E-state index is -1.17. The molecule has 5 heteroatoms. The van der Waals surface area contributed by atoms with E-state index in [1.807, 2.05) is 0 Å². The van der Waals surface area contributed by atoms with Crippen LogP contribution in [-0.2, 0) is 0 Å². The maximum atomic E-state index is 2.85. The first-order valence-corrected chi connectivity index (χ1v) is 24.9. The van der Waals surface area contributed by atoms with Gasteiger partial charge in [0.05, 0.1) is 0 Å². The van der Waals surface area contributed by atoms with Gasteiger partial charge in [-0.2, -0.15) is 0 Å². The molecule has 0 fully saturated rings. The van der Waals surface area contributed by atoms with Crippen LogP contribution in [0.25, 0.3) is 0 Å². The van der Waals surface area contributed by atoms with Crippen molar-refractivity contribution in [2.75, 3.05) is 0 Å². The molecule has 1 radical (unpaired) electrons. The van der Waals surface area contributed by atoms with Gasteiger partial charge in [0.2, 0.25) is 0 Å². The molecule has 0 saturated carbocycles. The molecule has 0 bridgehead atoms. The molecule has 0 N–H and O–H groups in total. The zero-order valence-corrected chi connectivity index (χ0v) is 23.2. The van der Waals surface area contributed by atoms with E-state index in [-0.39, 0.29) is 21.6 Å². The summed E-state index contributed by atoms with van der Waals surface area (Å²) < 4.78 is 1.47. The second kappa shape index (κ2) is 5.47. The zero-order chi connectivity index (χ0) is 17.1. The van der Waals surface area contributed by atoms with Gasteiger partial charge in [0, 0.05) is 0 Å². The summed E-state index contributed by atoms with van der Waals surface area (Å²) in [5.74, 6) is 0. The van der Waals surface area contributed by atoms with E-state index in [9.17, 15) is 0 Å². The molecule has 1 rings (SSSR count). The predicted molar refractivity (Wildman–Crippen MR) is 114 cm³/mol. The van der Waals surface area contributed by atoms with Crippen molar-refractivity contribution in [2.45, 2.75) is 83.8 Å². The Labute approximate surface area is 149 Å². The molecule has 0 aliphatic carbocycles. The van der Waals surface area contributed by atoms with Gasteiger partial charge in [-0.3, -0.25) is 0 Å². The Balaban J connectivity index is 3.55. The third-order valence-electron chi connectivity index (χ3n) is 5.49. The summed E-state index contributed by atoms with van der Waals surface area (Å²) in [6.45, 7) is 32.0. The molecular formula is C16H38SbSi4. The van der Waals surface area contributed by atoms with Gasteiger partial charge in [-0.15, -0.1) is 0 Å². The topological polar surface area (TPSA) is 0 Å². The van der Waals surface area contributed by atoms with Crippen molar-refractivity contribution in [3.63, 3.8) is 0 Å². The second-order valence-corrected chi connectivity index (χ2v) is 42.8. The van der Waals surface area contributed by atoms with Crippen molar-refractivity contribution in [3.05, 3.63) is 12.2 Å². The first-order valence-electron chi connectivity index (χ1n) is 8.36. The molecule has 123 valence electrons. The van der Waals surface area contributed by atoms with Crippen molar-refractivity contribution >= 4 is 53.9 Å². The first kappa shape index (κ1) is 20.5. The molecule has 21 heavy (non-hydrogen) atoms. The Morgan fingerprint density at radius 3 is 0.762 bits per heavy atom. The molecule has 1 aliphatic rings. The van der Waals surface area contributed by atoms with Crippen LogP contribution in [0, 0.1) is 0 Å². The van der Waals surface area contributed by atoms with Crippen LogP contribution in [-0.4, -0.2) is 53.9 Å². The number of hydrogen-bond donors (Lipinski definition) is 0. The molecule has 1 heterocycles. The van der Waals surface area contributed by atoms with Crippen molar-refractivity contribution in [1.29, 1.82) is 0 Å². The third kappa shape index (κ3) is 3.18. The first-order chi connectivity index (χ1) is 8.91. The molecule has 0 amide bonds. The van der Waals surface area contributed by atoms with Gasteiger partial charge in [0.15, 0.2) is 0 Å². The van der Waals surface area contributed by atoms with Gasteiger partial charge < -0.3 is 0 Å². The Morgan fingerprint density at radius 1 is 0.476 bits per heavy atom. The van der Waals surface area contributed by atoms with Crippen LogP contribution in [0.4, 0.5) is 0 Å².